The van der Waals surface area contributed by atoms with E-state index in [1.165, 1.54) is 0 Å². The third-order valence-corrected chi connectivity index (χ3v) is 173. The lowest BCUT2D eigenvalue weighted by Gasteiger charge is -2.65. The van der Waals surface area contributed by atoms with Gasteiger partial charge in [-0.3, -0.25) is 0 Å². The molecule has 0 fully saturated rings. The molecule has 0 heterocycles. The molecule has 0 aromatic rings. The van der Waals surface area contributed by atoms with Gasteiger partial charge >= 0.3 is 0 Å². The summed E-state index contributed by atoms with van der Waals surface area (Å²) in [6.45, 7) is 37.6. The van der Waals surface area contributed by atoms with Gasteiger partial charge in [-0.05, 0) is 0 Å². The van der Waals surface area contributed by atoms with Crippen molar-refractivity contribution in [3.8, 4) is 0 Å². The van der Waals surface area contributed by atoms with Crippen LogP contribution >= 0.6 is 11.1 Å². The maximum atomic E-state index is 8.09. The van der Waals surface area contributed by atoms with Crippen molar-refractivity contribution in [3.05, 3.63) is 0 Å². The molecule has 140 valence electrons. The average Bonchev–Trinajstić information content (AvgIpc) is 2.19. The third-order valence-electron chi connectivity index (χ3n) is 7.88. The van der Waals surface area contributed by atoms with Gasteiger partial charge in [-0.15, -0.1) is 0 Å². The molecule has 0 amide bonds. The Balaban J connectivity index is 6.94. The average molecular weight is 458 g/mol. The zero-order chi connectivity index (χ0) is 19.5. The zero-order valence-electron chi connectivity index (χ0n) is 18.9. The van der Waals surface area contributed by atoms with Crippen LogP contribution in [-0.4, -0.2) is 50.0 Å². The number of hydrogen-bond acceptors (Lipinski definition) is 0. The second kappa shape index (κ2) is 6.45. The molecule has 0 saturated carbocycles. The van der Waals surface area contributed by atoms with Gasteiger partial charge in [-0.25, -0.2) is 0 Å². The molecule has 0 aliphatic rings. The topological polar surface area (TPSA) is 0 Å². The van der Waals surface area contributed by atoms with Gasteiger partial charge < -0.3 is 0 Å². The largest absolute Gasteiger partial charge is 0.175 e. The maximum Gasteiger partial charge on any atom is 0.126 e. The summed E-state index contributed by atoms with van der Waals surface area (Å²) >= 11 is 8.09. The highest BCUT2D eigenvalue weighted by atomic mass is 35.6. The molecular formula is C15H45ClSi7. The lowest BCUT2D eigenvalue weighted by Crippen LogP contribution is -2.94. The summed E-state index contributed by atoms with van der Waals surface area (Å²) < 4.78 is 0. The normalized spacial score (nSPS) is 16.7. The SMILES string of the molecule is C[Si](C)(C)[Si](C)([Si](C)(C)C)[Si](C)(Cl)[Si](C)([Si](C)(C)C)[Si](C)(C)C. The maximum absolute atomic E-state index is 8.09. The first-order valence-corrected chi connectivity index (χ1v) is 37.7. The molecule has 0 saturated heterocycles. The van der Waals surface area contributed by atoms with E-state index in [2.05, 4.69) is 98.2 Å². The molecule has 0 rings (SSSR count). The fourth-order valence-electron chi connectivity index (χ4n) is 5.57. The van der Waals surface area contributed by atoms with Crippen LogP contribution in [0.25, 0.3) is 0 Å². The van der Waals surface area contributed by atoms with Gasteiger partial charge in [0.15, 0.2) is 0 Å². The Kier molecular flexibility index (Phi) is 6.96. The predicted molar refractivity (Wildman–Crippen MR) is 134 cm³/mol. The first-order chi connectivity index (χ1) is 9.50. The van der Waals surface area contributed by atoms with E-state index in [9.17, 15) is 0 Å². The molecule has 0 aromatic heterocycles. The van der Waals surface area contributed by atoms with Gasteiger partial charge in [-0.1, -0.05) is 98.2 Å². The van der Waals surface area contributed by atoms with Crippen LogP contribution in [0.1, 0.15) is 0 Å². The lowest BCUT2D eigenvalue weighted by atomic mass is 11.8. The molecule has 0 aliphatic carbocycles. The van der Waals surface area contributed by atoms with Crippen molar-refractivity contribution >= 4 is 61.1 Å². The van der Waals surface area contributed by atoms with Crippen LogP contribution in [0.3, 0.4) is 0 Å². The molecular weight excluding hydrogens is 412 g/mol. The van der Waals surface area contributed by atoms with E-state index in [4.69, 9.17) is 11.1 Å². The van der Waals surface area contributed by atoms with Gasteiger partial charge in [-0.2, -0.15) is 11.1 Å². The van der Waals surface area contributed by atoms with Crippen LogP contribution in [0.4, 0.5) is 0 Å². The molecule has 23 heavy (non-hydrogen) atoms. The second-order valence-electron chi connectivity index (χ2n) is 12.3. The van der Waals surface area contributed by atoms with E-state index in [-0.39, 0.29) is 0 Å². The molecule has 8 heteroatoms. The van der Waals surface area contributed by atoms with E-state index in [1.807, 2.05) is 0 Å². The smallest absolute Gasteiger partial charge is 0.126 e. The molecule has 0 unspecified atom stereocenters. The van der Waals surface area contributed by atoms with Crippen LogP contribution in [0.5, 0.6) is 0 Å². The first kappa shape index (κ1) is 24.8. The molecule has 0 atom stereocenters. The monoisotopic (exact) mass is 456 g/mol. The summed E-state index contributed by atoms with van der Waals surface area (Å²) in [4.78, 5) is 0. The predicted octanol–water partition coefficient (Wildman–Crippen LogP) is 6.78. The molecule has 0 radical (unpaired) electrons. The van der Waals surface area contributed by atoms with Crippen molar-refractivity contribution in [1.82, 2.24) is 0 Å². The minimum atomic E-state index is -1.76. The Morgan fingerprint density at radius 3 is 0.565 bits per heavy atom. The standard InChI is InChI=1S/C15H45ClSi7/c1-17(2,3)22(14,18(4,5)6)21(13,16)23(15,19(7,8)9)20(10,11)12/h1-15H3. The minimum Gasteiger partial charge on any atom is -0.175 e. The quantitative estimate of drug-likeness (QED) is 0.305. The van der Waals surface area contributed by atoms with Crippen molar-refractivity contribution in [3.63, 3.8) is 0 Å². The van der Waals surface area contributed by atoms with Crippen LogP contribution < -0.4 is 0 Å². The molecule has 0 nitrogen and oxygen atoms in total. The number of hydrogen-bond donors (Lipinski definition) is 0. The summed E-state index contributed by atoms with van der Waals surface area (Å²) in [5.74, 6) is 0. The third kappa shape index (κ3) is 3.64. The van der Waals surface area contributed by atoms with Gasteiger partial charge in [0.2, 0.25) is 0 Å². The lowest BCUT2D eigenvalue weighted by molar-refractivity contribution is 1.74. The Bertz CT molecular complexity index is 365. The fraction of sp³-hybridized carbons (Fsp3) is 1.00. The Hall–Kier alpha value is 1.81. The highest BCUT2D eigenvalue weighted by Gasteiger charge is 2.73. The van der Waals surface area contributed by atoms with E-state index >= 15 is 0 Å². The van der Waals surface area contributed by atoms with Crippen LogP contribution in [0.15, 0.2) is 0 Å². The van der Waals surface area contributed by atoms with Crippen LogP contribution in [-0.2, 0) is 0 Å². The molecule has 0 N–H and O–H groups in total. The Labute approximate surface area is 158 Å². The molecule has 0 aliphatic heterocycles. The van der Waals surface area contributed by atoms with Gasteiger partial charge in [0.1, 0.15) is 6.42 Å². The van der Waals surface area contributed by atoms with Gasteiger partial charge in [0.25, 0.3) is 0 Å². The van der Waals surface area contributed by atoms with E-state index in [1.54, 1.807) is 0 Å². The molecule has 0 spiro atoms. The summed E-state index contributed by atoms with van der Waals surface area (Å²) in [5, 5.41) is 0. The molecule has 0 bridgehead atoms. The summed E-state index contributed by atoms with van der Waals surface area (Å²) in [5.41, 5.74) is 0. The first-order valence-electron chi connectivity index (χ1n) is 9.19. The van der Waals surface area contributed by atoms with Crippen LogP contribution in [0, 0.1) is 0 Å². The minimum absolute atomic E-state index is 1.24. The van der Waals surface area contributed by atoms with E-state index in [0.29, 0.717) is 0 Å². The second-order valence-corrected chi connectivity index (χ2v) is 93.4. The van der Waals surface area contributed by atoms with Crippen molar-refractivity contribution in [2.24, 2.45) is 0 Å². The number of halogens is 1. The van der Waals surface area contributed by atoms with E-state index in [0.717, 1.165) is 0 Å². The summed E-state index contributed by atoms with van der Waals surface area (Å²) in [6, 6.07) is 0. The fourth-order valence-corrected chi connectivity index (χ4v) is 262. The Morgan fingerprint density at radius 2 is 0.478 bits per heavy atom. The number of rotatable bonds is 6. The van der Waals surface area contributed by atoms with Crippen molar-refractivity contribution in [2.45, 2.75) is 98.2 Å². The van der Waals surface area contributed by atoms with Crippen molar-refractivity contribution in [1.29, 1.82) is 0 Å². The van der Waals surface area contributed by atoms with Crippen LogP contribution in [0.2, 0.25) is 98.2 Å². The highest BCUT2D eigenvalue weighted by Crippen LogP contribution is 2.48. The highest BCUT2D eigenvalue weighted by molar-refractivity contribution is 8.16. The summed E-state index contributed by atoms with van der Waals surface area (Å²) in [7, 11) is -4.96. The van der Waals surface area contributed by atoms with Crippen molar-refractivity contribution in [2.75, 3.05) is 0 Å². The Morgan fingerprint density at radius 1 is 0.348 bits per heavy atom. The zero-order valence-corrected chi connectivity index (χ0v) is 26.6. The van der Waals surface area contributed by atoms with E-state index < -0.39 is 50.0 Å². The summed E-state index contributed by atoms with van der Waals surface area (Å²) in [6.07, 6.45) is -1.76. The van der Waals surface area contributed by atoms with Crippen molar-refractivity contribution < 1.29 is 0 Å². The molecule has 0 aromatic carbocycles. The van der Waals surface area contributed by atoms with Gasteiger partial charge in [0, 0.05) is 43.6 Å². The van der Waals surface area contributed by atoms with Gasteiger partial charge in [0.05, 0.1) is 0 Å².